The Morgan fingerprint density at radius 3 is 3.00 bits per heavy atom. The molecule has 0 bridgehead atoms. The van der Waals surface area contributed by atoms with Gasteiger partial charge in [-0.15, -0.1) is 14.8 Å². The van der Waals surface area contributed by atoms with Crippen LogP contribution >= 0.6 is 0 Å². The predicted octanol–water partition coefficient (Wildman–Crippen LogP) is 0.845. The van der Waals surface area contributed by atoms with Crippen LogP contribution in [-0.4, -0.2) is 25.3 Å². The maximum Gasteiger partial charge on any atom is 0.200 e. The molecule has 17 heavy (non-hydrogen) atoms. The Morgan fingerprint density at radius 2 is 2.12 bits per heavy atom. The van der Waals surface area contributed by atoms with Crippen LogP contribution in [0.4, 0.5) is 17.2 Å². The summed E-state index contributed by atoms with van der Waals surface area (Å²) in [5.74, 6) is 0.649. The lowest BCUT2D eigenvalue weighted by molar-refractivity contribution is 0.736. The van der Waals surface area contributed by atoms with Crippen molar-refractivity contribution in [3.05, 3.63) is 36.4 Å². The largest absolute Gasteiger partial charge is 0.399 e. The fraction of sp³-hybridized carbons (Fsp3) is 0. The zero-order chi connectivity index (χ0) is 11.7. The minimum absolute atomic E-state index is 0.600. The number of hydrogen-bond acceptors (Lipinski definition) is 6. The molecule has 2 aromatic heterocycles. The van der Waals surface area contributed by atoms with E-state index in [2.05, 4.69) is 25.9 Å². The zero-order valence-corrected chi connectivity index (χ0v) is 8.78. The molecule has 7 heteroatoms. The first-order valence-electron chi connectivity index (χ1n) is 4.99. The second-order valence-corrected chi connectivity index (χ2v) is 3.50. The SMILES string of the molecule is Nc1cccc(Nc2ccc3nnnn3n2)c1. The second-order valence-electron chi connectivity index (χ2n) is 3.50. The van der Waals surface area contributed by atoms with Gasteiger partial charge in [-0.1, -0.05) is 6.07 Å². The molecule has 0 aliphatic carbocycles. The third kappa shape index (κ3) is 1.85. The van der Waals surface area contributed by atoms with Crippen LogP contribution in [0.1, 0.15) is 0 Å². The molecule has 0 atom stereocenters. The summed E-state index contributed by atoms with van der Waals surface area (Å²) in [5.41, 5.74) is 7.85. The first kappa shape index (κ1) is 9.52. The number of rotatable bonds is 2. The molecule has 0 aliphatic heterocycles. The van der Waals surface area contributed by atoms with Gasteiger partial charge >= 0.3 is 0 Å². The molecule has 2 heterocycles. The quantitative estimate of drug-likeness (QED) is 0.630. The molecule has 0 radical (unpaired) electrons. The van der Waals surface area contributed by atoms with Gasteiger partial charge in [0.1, 0.15) is 0 Å². The summed E-state index contributed by atoms with van der Waals surface area (Å²) < 4.78 is 1.36. The van der Waals surface area contributed by atoms with Gasteiger partial charge in [-0.2, -0.15) is 0 Å². The number of nitrogens with zero attached hydrogens (tertiary/aromatic N) is 5. The predicted molar refractivity (Wildman–Crippen MR) is 62.7 cm³/mol. The Bertz CT molecular complexity index is 660. The van der Waals surface area contributed by atoms with Crippen LogP contribution in [-0.2, 0) is 0 Å². The fourth-order valence-corrected chi connectivity index (χ4v) is 1.48. The fourth-order valence-electron chi connectivity index (χ4n) is 1.48. The minimum atomic E-state index is 0.600. The highest BCUT2D eigenvalue weighted by molar-refractivity contribution is 5.61. The topological polar surface area (TPSA) is 94.0 Å². The molecule has 84 valence electrons. The first-order valence-corrected chi connectivity index (χ1v) is 4.99. The van der Waals surface area contributed by atoms with Gasteiger partial charge < -0.3 is 11.1 Å². The second kappa shape index (κ2) is 3.71. The van der Waals surface area contributed by atoms with Crippen molar-refractivity contribution < 1.29 is 0 Å². The van der Waals surface area contributed by atoms with Gasteiger partial charge in [0.25, 0.3) is 0 Å². The molecule has 0 aliphatic rings. The molecule has 0 saturated carbocycles. The van der Waals surface area contributed by atoms with Crippen LogP contribution in [0.25, 0.3) is 5.65 Å². The van der Waals surface area contributed by atoms with Crippen LogP contribution in [0, 0.1) is 0 Å². The van der Waals surface area contributed by atoms with Gasteiger partial charge in [-0.25, -0.2) is 0 Å². The van der Waals surface area contributed by atoms with E-state index in [0.29, 0.717) is 17.2 Å². The highest BCUT2D eigenvalue weighted by Crippen LogP contribution is 2.16. The lowest BCUT2D eigenvalue weighted by Crippen LogP contribution is -2.00. The van der Waals surface area contributed by atoms with Crippen LogP contribution in [0.5, 0.6) is 0 Å². The van der Waals surface area contributed by atoms with Crippen molar-refractivity contribution in [3.63, 3.8) is 0 Å². The molecular formula is C10H9N7. The van der Waals surface area contributed by atoms with E-state index in [9.17, 15) is 0 Å². The van der Waals surface area contributed by atoms with Crippen LogP contribution < -0.4 is 11.1 Å². The van der Waals surface area contributed by atoms with Crippen molar-refractivity contribution in [1.29, 1.82) is 0 Å². The Morgan fingerprint density at radius 1 is 1.18 bits per heavy atom. The number of aromatic nitrogens is 5. The summed E-state index contributed by atoms with van der Waals surface area (Å²) in [6.45, 7) is 0. The van der Waals surface area contributed by atoms with E-state index in [1.807, 2.05) is 24.3 Å². The van der Waals surface area contributed by atoms with Crippen molar-refractivity contribution in [3.8, 4) is 0 Å². The van der Waals surface area contributed by atoms with Crippen LogP contribution in [0.2, 0.25) is 0 Å². The molecule has 0 amide bonds. The average molecular weight is 227 g/mol. The maximum absolute atomic E-state index is 5.69. The molecule has 0 fully saturated rings. The summed E-state index contributed by atoms with van der Waals surface area (Å²) in [6, 6.07) is 11.0. The van der Waals surface area contributed by atoms with Crippen LogP contribution in [0.3, 0.4) is 0 Å². The smallest absolute Gasteiger partial charge is 0.200 e. The van der Waals surface area contributed by atoms with Gasteiger partial charge in [0.05, 0.1) is 0 Å². The monoisotopic (exact) mass is 227 g/mol. The number of nitrogens with two attached hydrogens (primary N) is 1. The van der Waals surface area contributed by atoms with E-state index in [-0.39, 0.29) is 0 Å². The van der Waals surface area contributed by atoms with E-state index < -0.39 is 0 Å². The van der Waals surface area contributed by atoms with Gasteiger partial charge in [-0.3, -0.25) is 0 Å². The van der Waals surface area contributed by atoms with E-state index in [0.717, 1.165) is 5.69 Å². The van der Waals surface area contributed by atoms with Gasteiger partial charge in [-0.05, 0) is 40.8 Å². The summed E-state index contributed by atoms with van der Waals surface area (Å²) in [4.78, 5) is 0. The molecule has 0 saturated heterocycles. The maximum atomic E-state index is 5.69. The summed E-state index contributed by atoms with van der Waals surface area (Å²) >= 11 is 0. The number of nitrogen functional groups attached to an aromatic ring is 1. The molecule has 3 rings (SSSR count). The lowest BCUT2D eigenvalue weighted by atomic mass is 10.3. The van der Waals surface area contributed by atoms with Crippen molar-refractivity contribution >= 4 is 22.8 Å². The molecule has 0 unspecified atom stereocenters. The number of hydrogen-bond donors (Lipinski definition) is 2. The van der Waals surface area contributed by atoms with E-state index in [1.165, 1.54) is 4.63 Å². The third-order valence-corrected chi connectivity index (χ3v) is 2.23. The number of fused-ring (bicyclic) bond motifs is 1. The standard InChI is InChI=1S/C10H9N7/c11-7-2-1-3-8(6-7)12-9-4-5-10-13-15-16-17(10)14-9/h1-6H,11H2,(H,12,14). The van der Waals surface area contributed by atoms with Gasteiger partial charge in [0.15, 0.2) is 11.5 Å². The van der Waals surface area contributed by atoms with Crippen molar-refractivity contribution in [2.45, 2.75) is 0 Å². The van der Waals surface area contributed by atoms with Crippen molar-refractivity contribution in [1.82, 2.24) is 25.3 Å². The normalized spacial score (nSPS) is 10.6. The summed E-state index contributed by atoms with van der Waals surface area (Å²) in [7, 11) is 0. The van der Waals surface area contributed by atoms with Gasteiger partial charge in [0.2, 0.25) is 0 Å². The minimum Gasteiger partial charge on any atom is -0.399 e. The molecule has 3 aromatic rings. The number of anilines is 3. The molecular weight excluding hydrogens is 218 g/mol. The lowest BCUT2D eigenvalue weighted by Gasteiger charge is -2.05. The highest BCUT2D eigenvalue weighted by Gasteiger charge is 2.01. The summed E-state index contributed by atoms with van der Waals surface area (Å²) in [6.07, 6.45) is 0. The van der Waals surface area contributed by atoms with Crippen molar-refractivity contribution in [2.75, 3.05) is 11.1 Å². The van der Waals surface area contributed by atoms with Gasteiger partial charge in [0, 0.05) is 11.4 Å². The zero-order valence-electron chi connectivity index (χ0n) is 8.78. The third-order valence-electron chi connectivity index (χ3n) is 2.23. The number of benzene rings is 1. The van der Waals surface area contributed by atoms with E-state index in [1.54, 1.807) is 12.1 Å². The molecule has 3 N–H and O–H groups in total. The Kier molecular flexibility index (Phi) is 2.08. The molecule has 1 aromatic carbocycles. The number of tetrazole rings is 1. The number of nitrogens with one attached hydrogen (secondary N) is 1. The Hall–Kier alpha value is -2.70. The Labute approximate surface area is 96.2 Å². The Balaban J connectivity index is 1.94. The summed E-state index contributed by atoms with van der Waals surface area (Å²) in [5, 5.41) is 18.3. The average Bonchev–Trinajstić information content (AvgIpc) is 2.76. The molecule has 7 nitrogen and oxygen atoms in total. The highest BCUT2D eigenvalue weighted by atomic mass is 15.6. The molecule has 0 spiro atoms. The van der Waals surface area contributed by atoms with E-state index in [4.69, 9.17) is 5.73 Å². The van der Waals surface area contributed by atoms with Crippen molar-refractivity contribution in [2.24, 2.45) is 0 Å². The van der Waals surface area contributed by atoms with Crippen LogP contribution in [0.15, 0.2) is 36.4 Å². The van der Waals surface area contributed by atoms with E-state index >= 15 is 0 Å². The first-order chi connectivity index (χ1) is 8.31.